The molecule has 14 heavy (non-hydrogen) atoms. The highest BCUT2D eigenvalue weighted by Crippen LogP contribution is 2.31. The molecule has 1 N–H and O–H groups in total. The summed E-state index contributed by atoms with van der Waals surface area (Å²) in [7, 11) is 0. The number of carbonyl (C=O) groups is 1. The number of hydrogen-bond donors (Lipinski definition) is 1. The van der Waals surface area contributed by atoms with Crippen molar-refractivity contribution in [2.75, 3.05) is 0 Å². The van der Waals surface area contributed by atoms with E-state index in [0.29, 0.717) is 10.9 Å². The number of hydrogen-bond acceptors (Lipinski definition) is 2. The number of allylic oxidation sites excluding steroid dienone is 2. The van der Waals surface area contributed by atoms with E-state index in [9.17, 15) is 4.79 Å². The molecule has 0 amide bonds. The highest BCUT2D eigenvalue weighted by atomic mass is 79.9. The maximum Gasteiger partial charge on any atom is 0.306 e. The van der Waals surface area contributed by atoms with Gasteiger partial charge in [-0.15, -0.1) is 0 Å². The van der Waals surface area contributed by atoms with Crippen LogP contribution in [0.5, 0.6) is 0 Å². The summed E-state index contributed by atoms with van der Waals surface area (Å²) in [5.41, 5.74) is -0.346. The fourth-order valence-electron chi connectivity index (χ4n) is 0.909. The summed E-state index contributed by atoms with van der Waals surface area (Å²) in [6.07, 6.45) is 2.27. The highest BCUT2D eigenvalue weighted by Gasteiger charge is 2.30. The molecule has 0 spiro atoms. The van der Waals surface area contributed by atoms with Crippen LogP contribution in [0.1, 0.15) is 27.2 Å². The van der Waals surface area contributed by atoms with Crippen molar-refractivity contribution in [2.24, 2.45) is 11.3 Å². The molecule has 0 aliphatic heterocycles. The second-order valence-electron chi connectivity index (χ2n) is 3.92. The predicted molar refractivity (Wildman–Crippen MR) is 57.8 cm³/mol. The SMILES string of the molecule is CC(C(=O)O)C(C)(C)C/C=C(\Br)C#N. The molecule has 0 aliphatic rings. The van der Waals surface area contributed by atoms with Crippen LogP contribution in [0.4, 0.5) is 0 Å². The summed E-state index contributed by atoms with van der Waals surface area (Å²) in [6.45, 7) is 5.43. The summed E-state index contributed by atoms with van der Waals surface area (Å²) in [6, 6.07) is 1.94. The molecule has 0 aromatic heterocycles. The number of nitriles is 1. The van der Waals surface area contributed by atoms with Gasteiger partial charge >= 0.3 is 5.97 Å². The first-order valence-electron chi connectivity index (χ1n) is 4.30. The normalized spacial score (nSPS) is 14.6. The predicted octanol–water partition coefficient (Wildman–Crippen LogP) is 2.93. The Kier molecular flexibility index (Phi) is 4.86. The van der Waals surface area contributed by atoms with Gasteiger partial charge in [-0.3, -0.25) is 4.79 Å². The summed E-state index contributed by atoms with van der Waals surface area (Å²) >= 11 is 3.07. The molecule has 0 bridgehead atoms. The first-order valence-corrected chi connectivity index (χ1v) is 5.09. The third-order valence-corrected chi connectivity index (χ3v) is 2.96. The minimum absolute atomic E-state index is 0.346. The number of nitrogens with zero attached hydrogens (tertiary/aromatic N) is 1. The molecule has 4 heteroatoms. The quantitative estimate of drug-likeness (QED) is 0.790. The largest absolute Gasteiger partial charge is 0.481 e. The molecule has 0 saturated heterocycles. The first kappa shape index (κ1) is 13.2. The van der Waals surface area contributed by atoms with Crippen molar-refractivity contribution in [3.8, 4) is 6.07 Å². The van der Waals surface area contributed by atoms with Gasteiger partial charge in [-0.25, -0.2) is 0 Å². The number of halogens is 1. The molecule has 0 rings (SSSR count). The van der Waals surface area contributed by atoms with Crippen LogP contribution >= 0.6 is 15.9 Å². The van der Waals surface area contributed by atoms with E-state index in [1.165, 1.54) is 0 Å². The van der Waals surface area contributed by atoms with Crippen molar-refractivity contribution in [3.63, 3.8) is 0 Å². The fraction of sp³-hybridized carbons (Fsp3) is 0.600. The maximum absolute atomic E-state index is 10.8. The monoisotopic (exact) mass is 259 g/mol. The Bertz CT molecular complexity index is 289. The second-order valence-corrected chi connectivity index (χ2v) is 4.77. The van der Waals surface area contributed by atoms with E-state index in [1.54, 1.807) is 13.0 Å². The molecule has 0 fully saturated rings. The molecule has 1 atom stereocenters. The lowest BCUT2D eigenvalue weighted by Crippen LogP contribution is -2.27. The maximum atomic E-state index is 10.8. The molecule has 0 heterocycles. The Hall–Kier alpha value is -0.820. The zero-order valence-electron chi connectivity index (χ0n) is 8.54. The standard InChI is InChI=1S/C10H14BrNO2/c1-7(9(13)14)10(2,3)5-4-8(11)6-12/h4,7H,5H2,1-3H3,(H,13,14)/b8-4-. The zero-order valence-corrected chi connectivity index (χ0v) is 10.1. The van der Waals surface area contributed by atoms with E-state index in [1.807, 2.05) is 19.9 Å². The van der Waals surface area contributed by atoms with Crippen LogP contribution in [0.3, 0.4) is 0 Å². The molecule has 0 aromatic carbocycles. The summed E-state index contributed by atoms with van der Waals surface area (Å²) < 4.78 is 0.447. The first-order chi connectivity index (χ1) is 6.31. The number of rotatable bonds is 4. The van der Waals surface area contributed by atoms with Gasteiger partial charge in [-0.05, 0) is 27.8 Å². The molecule has 3 nitrogen and oxygen atoms in total. The number of aliphatic carboxylic acids is 1. The van der Waals surface area contributed by atoms with Crippen LogP contribution in [-0.2, 0) is 4.79 Å². The molecule has 0 radical (unpaired) electrons. The second kappa shape index (κ2) is 5.16. The van der Waals surface area contributed by atoms with Gasteiger partial charge in [-0.1, -0.05) is 26.8 Å². The van der Waals surface area contributed by atoms with Crippen molar-refractivity contribution in [1.29, 1.82) is 5.26 Å². The van der Waals surface area contributed by atoms with E-state index in [-0.39, 0.29) is 5.41 Å². The van der Waals surface area contributed by atoms with Gasteiger partial charge in [0.2, 0.25) is 0 Å². The Morgan fingerprint density at radius 2 is 2.21 bits per heavy atom. The summed E-state index contributed by atoms with van der Waals surface area (Å²) in [5, 5.41) is 17.3. The molecular weight excluding hydrogens is 246 g/mol. The number of carboxylic acids is 1. The van der Waals surface area contributed by atoms with Crippen LogP contribution < -0.4 is 0 Å². The van der Waals surface area contributed by atoms with E-state index in [4.69, 9.17) is 10.4 Å². The van der Waals surface area contributed by atoms with Gasteiger partial charge in [0.15, 0.2) is 0 Å². The number of carboxylic acid groups (broad SMARTS) is 1. The molecule has 0 saturated carbocycles. The van der Waals surface area contributed by atoms with Crippen LogP contribution in [0.15, 0.2) is 10.6 Å². The van der Waals surface area contributed by atoms with Gasteiger partial charge < -0.3 is 5.11 Å². The minimum atomic E-state index is -0.809. The molecule has 78 valence electrons. The molecule has 0 aromatic rings. The average Bonchev–Trinajstić information content (AvgIpc) is 2.12. The Labute approximate surface area is 92.6 Å². The summed E-state index contributed by atoms with van der Waals surface area (Å²) in [4.78, 5) is 10.8. The van der Waals surface area contributed by atoms with Crippen molar-refractivity contribution in [1.82, 2.24) is 0 Å². The molecular formula is C10H14BrNO2. The van der Waals surface area contributed by atoms with Gasteiger partial charge in [-0.2, -0.15) is 5.26 Å². The van der Waals surface area contributed by atoms with Crippen molar-refractivity contribution in [3.05, 3.63) is 10.6 Å². The topological polar surface area (TPSA) is 61.1 Å². The molecule has 1 unspecified atom stereocenters. The third-order valence-electron chi connectivity index (χ3n) is 2.46. The van der Waals surface area contributed by atoms with E-state index < -0.39 is 11.9 Å². The Morgan fingerprint density at radius 3 is 2.57 bits per heavy atom. The van der Waals surface area contributed by atoms with E-state index in [0.717, 1.165) is 0 Å². The summed E-state index contributed by atoms with van der Waals surface area (Å²) in [5.74, 6) is -1.24. The lowest BCUT2D eigenvalue weighted by Gasteiger charge is -2.27. The van der Waals surface area contributed by atoms with Gasteiger partial charge in [0, 0.05) is 0 Å². The van der Waals surface area contributed by atoms with Crippen LogP contribution in [0.25, 0.3) is 0 Å². The average molecular weight is 260 g/mol. The van der Waals surface area contributed by atoms with Gasteiger partial charge in [0.05, 0.1) is 10.4 Å². The van der Waals surface area contributed by atoms with Crippen molar-refractivity contribution >= 4 is 21.9 Å². The minimum Gasteiger partial charge on any atom is -0.481 e. The Morgan fingerprint density at radius 1 is 1.71 bits per heavy atom. The van der Waals surface area contributed by atoms with Crippen LogP contribution in [-0.4, -0.2) is 11.1 Å². The lowest BCUT2D eigenvalue weighted by molar-refractivity contribution is -0.144. The zero-order chi connectivity index (χ0) is 11.4. The van der Waals surface area contributed by atoms with Crippen LogP contribution in [0, 0.1) is 22.7 Å². The third kappa shape index (κ3) is 3.93. The van der Waals surface area contributed by atoms with Gasteiger partial charge in [0.1, 0.15) is 6.07 Å². The fourth-order valence-corrected chi connectivity index (χ4v) is 1.07. The van der Waals surface area contributed by atoms with Gasteiger partial charge in [0.25, 0.3) is 0 Å². The van der Waals surface area contributed by atoms with Crippen LogP contribution in [0.2, 0.25) is 0 Å². The van der Waals surface area contributed by atoms with Crippen molar-refractivity contribution < 1.29 is 9.90 Å². The highest BCUT2D eigenvalue weighted by molar-refractivity contribution is 9.12. The van der Waals surface area contributed by atoms with E-state index in [2.05, 4.69) is 15.9 Å². The van der Waals surface area contributed by atoms with Crippen molar-refractivity contribution in [2.45, 2.75) is 27.2 Å². The smallest absolute Gasteiger partial charge is 0.306 e. The Balaban J connectivity index is 4.51. The lowest BCUT2D eigenvalue weighted by atomic mass is 9.77. The van der Waals surface area contributed by atoms with E-state index >= 15 is 0 Å². The molecule has 0 aliphatic carbocycles.